The van der Waals surface area contributed by atoms with Gasteiger partial charge in [0, 0.05) is 6.54 Å². The van der Waals surface area contributed by atoms with Gasteiger partial charge in [0.1, 0.15) is 5.75 Å². The molecule has 0 aromatic heterocycles. The summed E-state index contributed by atoms with van der Waals surface area (Å²) in [5, 5.41) is 0. The molecule has 1 fully saturated rings. The monoisotopic (exact) mass is 302 g/mol. The number of ether oxygens (including phenoxy) is 1. The first-order valence-electron chi connectivity index (χ1n) is 9.05. The summed E-state index contributed by atoms with van der Waals surface area (Å²) < 4.78 is 5.99. The Labute approximate surface area is 134 Å². The first-order chi connectivity index (χ1) is 10.9. The topological polar surface area (TPSA) is 38.5 Å². The fourth-order valence-electron chi connectivity index (χ4n) is 3.96. The molecule has 1 atom stereocenters. The molecule has 2 aliphatic rings. The van der Waals surface area contributed by atoms with Crippen LogP contribution in [0.4, 0.5) is 0 Å². The molecule has 1 heterocycles. The van der Waals surface area contributed by atoms with Crippen molar-refractivity contribution in [2.24, 2.45) is 5.73 Å². The average molecular weight is 302 g/mol. The molecule has 0 amide bonds. The van der Waals surface area contributed by atoms with Gasteiger partial charge < -0.3 is 15.4 Å². The third-order valence-electron chi connectivity index (χ3n) is 5.12. The van der Waals surface area contributed by atoms with E-state index in [1.165, 1.54) is 63.7 Å². The first-order valence-corrected chi connectivity index (χ1v) is 9.05. The Hall–Kier alpha value is -1.06. The Bertz CT molecular complexity index is 469. The van der Waals surface area contributed by atoms with Crippen molar-refractivity contribution in [3.8, 4) is 5.75 Å². The zero-order valence-corrected chi connectivity index (χ0v) is 13.7. The van der Waals surface area contributed by atoms with Crippen molar-refractivity contribution in [2.45, 2.75) is 50.9 Å². The second-order valence-electron chi connectivity index (χ2n) is 6.77. The van der Waals surface area contributed by atoms with Crippen LogP contribution in [0.3, 0.4) is 0 Å². The number of nitrogens with two attached hydrogens (primary N) is 1. The first kappa shape index (κ1) is 15.8. The van der Waals surface area contributed by atoms with Crippen molar-refractivity contribution in [3.63, 3.8) is 0 Å². The molecule has 3 rings (SSSR count). The highest BCUT2D eigenvalue weighted by molar-refractivity contribution is 5.43. The van der Waals surface area contributed by atoms with Crippen LogP contribution >= 0.6 is 0 Å². The third-order valence-corrected chi connectivity index (χ3v) is 5.12. The van der Waals surface area contributed by atoms with Crippen molar-refractivity contribution in [2.75, 3.05) is 32.8 Å². The lowest BCUT2D eigenvalue weighted by Gasteiger charge is -2.34. The number of benzene rings is 1. The maximum absolute atomic E-state index is 5.99. The highest BCUT2D eigenvalue weighted by atomic mass is 16.5. The van der Waals surface area contributed by atoms with E-state index in [0.29, 0.717) is 12.5 Å². The van der Waals surface area contributed by atoms with E-state index in [2.05, 4.69) is 23.1 Å². The molecule has 0 radical (unpaired) electrons. The van der Waals surface area contributed by atoms with Gasteiger partial charge in [-0.2, -0.15) is 0 Å². The molecule has 0 bridgehead atoms. The van der Waals surface area contributed by atoms with Gasteiger partial charge in [-0.15, -0.1) is 0 Å². The maximum Gasteiger partial charge on any atom is 0.122 e. The van der Waals surface area contributed by atoms with Crippen molar-refractivity contribution in [3.05, 3.63) is 29.3 Å². The molecule has 1 aliphatic carbocycles. The molecule has 1 aliphatic heterocycles. The molecular weight excluding hydrogens is 272 g/mol. The molecular formula is C19H30N2O. The molecule has 0 saturated carbocycles. The van der Waals surface area contributed by atoms with Crippen LogP contribution in [0.25, 0.3) is 0 Å². The Morgan fingerprint density at radius 3 is 2.82 bits per heavy atom. The number of hydrogen-bond donors (Lipinski definition) is 1. The summed E-state index contributed by atoms with van der Waals surface area (Å²) in [6.07, 6.45) is 8.89. The summed E-state index contributed by atoms with van der Waals surface area (Å²) in [6.45, 7) is 5.26. The molecule has 1 aromatic rings. The molecule has 1 saturated heterocycles. The predicted octanol–water partition coefficient (Wildman–Crippen LogP) is 3.32. The normalized spacial score (nSPS) is 22.3. The number of piperidine rings is 1. The van der Waals surface area contributed by atoms with Gasteiger partial charge in [-0.1, -0.05) is 18.6 Å². The van der Waals surface area contributed by atoms with Crippen LogP contribution in [0.1, 0.15) is 55.6 Å². The van der Waals surface area contributed by atoms with E-state index < -0.39 is 0 Å². The van der Waals surface area contributed by atoms with Crippen molar-refractivity contribution in [1.29, 1.82) is 0 Å². The van der Waals surface area contributed by atoms with Crippen LogP contribution in [-0.4, -0.2) is 37.7 Å². The molecule has 0 spiro atoms. The third kappa shape index (κ3) is 3.82. The number of hydrogen-bond acceptors (Lipinski definition) is 3. The van der Waals surface area contributed by atoms with Crippen molar-refractivity contribution in [1.82, 2.24) is 4.90 Å². The van der Waals surface area contributed by atoms with Crippen LogP contribution in [-0.2, 0) is 6.42 Å². The maximum atomic E-state index is 5.99. The minimum absolute atomic E-state index is 0.694. The SMILES string of the molecule is NCCCOc1cccc2c1CCCC2CN1CCCCC1. The number of rotatable bonds is 6. The van der Waals surface area contributed by atoms with E-state index in [0.717, 1.165) is 18.8 Å². The lowest BCUT2D eigenvalue weighted by Crippen LogP contribution is -2.34. The molecule has 3 heteroatoms. The summed E-state index contributed by atoms with van der Waals surface area (Å²) in [5.41, 5.74) is 8.58. The van der Waals surface area contributed by atoms with Crippen LogP contribution in [0.5, 0.6) is 5.75 Å². The summed E-state index contributed by atoms with van der Waals surface area (Å²) in [7, 11) is 0. The zero-order valence-electron chi connectivity index (χ0n) is 13.7. The highest BCUT2D eigenvalue weighted by Gasteiger charge is 2.25. The Morgan fingerprint density at radius 2 is 2.00 bits per heavy atom. The lowest BCUT2D eigenvalue weighted by molar-refractivity contribution is 0.209. The van der Waals surface area contributed by atoms with E-state index in [9.17, 15) is 0 Å². The van der Waals surface area contributed by atoms with Crippen LogP contribution in [0.2, 0.25) is 0 Å². The molecule has 3 nitrogen and oxygen atoms in total. The zero-order chi connectivity index (χ0) is 15.2. The summed E-state index contributed by atoms with van der Waals surface area (Å²) >= 11 is 0. The van der Waals surface area contributed by atoms with Crippen LogP contribution in [0, 0.1) is 0 Å². The lowest BCUT2D eigenvalue weighted by atomic mass is 9.82. The Morgan fingerprint density at radius 1 is 1.14 bits per heavy atom. The Balaban J connectivity index is 1.70. The van der Waals surface area contributed by atoms with Gasteiger partial charge in [0.05, 0.1) is 6.61 Å². The minimum Gasteiger partial charge on any atom is -0.493 e. The van der Waals surface area contributed by atoms with Gasteiger partial charge in [0.15, 0.2) is 0 Å². The van der Waals surface area contributed by atoms with Crippen LogP contribution < -0.4 is 10.5 Å². The highest BCUT2D eigenvalue weighted by Crippen LogP contribution is 2.37. The summed E-state index contributed by atoms with van der Waals surface area (Å²) in [5.74, 6) is 1.80. The van der Waals surface area contributed by atoms with Gasteiger partial charge in [0.25, 0.3) is 0 Å². The van der Waals surface area contributed by atoms with Crippen molar-refractivity contribution < 1.29 is 4.74 Å². The molecule has 1 unspecified atom stereocenters. The molecule has 122 valence electrons. The number of fused-ring (bicyclic) bond motifs is 1. The quantitative estimate of drug-likeness (QED) is 0.819. The molecule has 22 heavy (non-hydrogen) atoms. The van der Waals surface area contributed by atoms with E-state index in [1.807, 2.05) is 0 Å². The van der Waals surface area contributed by atoms with Crippen LogP contribution in [0.15, 0.2) is 18.2 Å². The minimum atomic E-state index is 0.694. The average Bonchev–Trinajstić information content (AvgIpc) is 2.57. The summed E-state index contributed by atoms with van der Waals surface area (Å²) in [4.78, 5) is 2.67. The fraction of sp³-hybridized carbons (Fsp3) is 0.684. The molecule has 2 N–H and O–H groups in total. The van der Waals surface area contributed by atoms with Gasteiger partial charge in [0.2, 0.25) is 0 Å². The van der Waals surface area contributed by atoms with Gasteiger partial charge in [-0.25, -0.2) is 0 Å². The largest absolute Gasteiger partial charge is 0.493 e. The predicted molar refractivity (Wildman–Crippen MR) is 91.6 cm³/mol. The van der Waals surface area contributed by atoms with E-state index in [1.54, 1.807) is 5.56 Å². The van der Waals surface area contributed by atoms with Gasteiger partial charge in [-0.3, -0.25) is 0 Å². The van der Waals surface area contributed by atoms with E-state index in [-0.39, 0.29) is 0 Å². The van der Waals surface area contributed by atoms with E-state index in [4.69, 9.17) is 10.5 Å². The number of nitrogens with zero attached hydrogens (tertiary/aromatic N) is 1. The smallest absolute Gasteiger partial charge is 0.122 e. The van der Waals surface area contributed by atoms with Gasteiger partial charge in [-0.05, 0) is 81.3 Å². The van der Waals surface area contributed by atoms with E-state index >= 15 is 0 Å². The second kappa shape index (κ2) is 7.98. The standard InChI is InChI=1S/C19H30N2O/c20-11-6-14-22-19-10-5-8-17-16(7-4-9-18(17)19)15-21-12-2-1-3-13-21/h5,8,10,16H,1-4,6-7,9,11-15,20H2. The molecule has 1 aromatic carbocycles. The van der Waals surface area contributed by atoms with Gasteiger partial charge >= 0.3 is 0 Å². The van der Waals surface area contributed by atoms with Crippen molar-refractivity contribution >= 4 is 0 Å². The summed E-state index contributed by atoms with van der Waals surface area (Å²) in [6, 6.07) is 6.64. The fourth-order valence-corrected chi connectivity index (χ4v) is 3.96. The number of likely N-dealkylation sites (tertiary alicyclic amines) is 1. The Kier molecular flexibility index (Phi) is 5.74. The second-order valence-corrected chi connectivity index (χ2v) is 6.77.